The van der Waals surface area contributed by atoms with E-state index < -0.39 is 5.97 Å². The predicted octanol–water partition coefficient (Wildman–Crippen LogP) is 2.01. The summed E-state index contributed by atoms with van der Waals surface area (Å²) in [5, 5.41) is 3.25. The topological polar surface area (TPSA) is 64.1 Å². The van der Waals surface area contributed by atoms with Gasteiger partial charge >= 0.3 is 5.97 Å². The van der Waals surface area contributed by atoms with E-state index in [1.165, 1.54) is 12.8 Å². The number of carbonyl (C=O) groups is 1. The lowest BCUT2D eigenvalue weighted by atomic mass is 10.2. The molecule has 5 heteroatoms. The third-order valence-corrected chi connectivity index (χ3v) is 2.83. The number of carbonyl (C=O) groups excluding carboxylic acids is 1. The van der Waals surface area contributed by atoms with Gasteiger partial charge in [-0.05, 0) is 25.8 Å². The number of anilines is 1. The number of hydrogen-bond acceptors (Lipinski definition) is 5. The fourth-order valence-electron chi connectivity index (χ4n) is 2.00. The summed E-state index contributed by atoms with van der Waals surface area (Å²) in [4.78, 5) is 19.8. The number of hydrogen-bond donors (Lipinski definition) is 1. The number of rotatable bonds is 4. The molecule has 0 amide bonds. The highest BCUT2D eigenvalue weighted by atomic mass is 16.5. The molecule has 1 heterocycles. The van der Waals surface area contributed by atoms with Gasteiger partial charge in [0.2, 0.25) is 5.95 Å². The Morgan fingerprint density at radius 1 is 1.53 bits per heavy atom. The lowest BCUT2D eigenvalue weighted by molar-refractivity contribution is 0.0519. The maximum absolute atomic E-state index is 11.5. The van der Waals surface area contributed by atoms with Crippen molar-refractivity contribution in [2.45, 2.75) is 38.6 Å². The Morgan fingerprint density at radius 3 is 3.00 bits per heavy atom. The second-order valence-electron chi connectivity index (χ2n) is 4.11. The molecule has 0 bridgehead atoms. The number of aromatic nitrogens is 2. The first-order chi connectivity index (χ1) is 8.29. The molecule has 1 aromatic heterocycles. The first-order valence-corrected chi connectivity index (χ1v) is 6.06. The minimum Gasteiger partial charge on any atom is -0.461 e. The third-order valence-electron chi connectivity index (χ3n) is 2.83. The number of esters is 1. The van der Waals surface area contributed by atoms with Gasteiger partial charge in [-0.25, -0.2) is 14.8 Å². The largest absolute Gasteiger partial charge is 0.461 e. The van der Waals surface area contributed by atoms with Crippen LogP contribution >= 0.6 is 0 Å². The van der Waals surface area contributed by atoms with Crippen LogP contribution in [0.1, 0.15) is 43.1 Å². The second-order valence-corrected chi connectivity index (χ2v) is 4.11. The quantitative estimate of drug-likeness (QED) is 0.809. The van der Waals surface area contributed by atoms with Crippen LogP contribution in [0.15, 0.2) is 12.3 Å². The summed E-state index contributed by atoms with van der Waals surface area (Å²) in [6, 6.07) is 2.00. The highest BCUT2D eigenvalue weighted by Gasteiger charge is 2.16. The van der Waals surface area contributed by atoms with E-state index in [1.54, 1.807) is 19.2 Å². The van der Waals surface area contributed by atoms with Crippen LogP contribution in [0.4, 0.5) is 5.95 Å². The molecule has 1 aromatic rings. The van der Waals surface area contributed by atoms with E-state index in [9.17, 15) is 4.79 Å². The van der Waals surface area contributed by atoms with Gasteiger partial charge in [-0.3, -0.25) is 0 Å². The summed E-state index contributed by atoms with van der Waals surface area (Å²) >= 11 is 0. The van der Waals surface area contributed by atoms with E-state index in [0.717, 1.165) is 12.8 Å². The zero-order valence-corrected chi connectivity index (χ0v) is 9.98. The molecule has 0 aliphatic heterocycles. The average Bonchev–Trinajstić information content (AvgIpc) is 2.82. The van der Waals surface area contributed by atoms with Crippen LogP contribution in [-0.2, 0) is 4.74 Å². The molecule has 1 aliphatic rings. The van der Waals surface area contributed by atoms with Crippen molar-refractivity contribution in [2.75, 3.05) is 11.9 Å². The van der Waals surface area contributed by atoms with Crippen molar-refractivity contribution < 1.29 is 9.53 Å². The smallest absolute Gasteiger partial charge is 0.357 e. The highest BCUT2D eigenvalue weighted by molar-refractivity contribution is 5.87. The van der Waals surface area contributed by atoms with Crippen molar-refractivity contribution in [3.05, 3.63) is 18.0 Å². The van der Waals surface area contributed by atoms with E-state index in [-0.39, 0.29) is 0 Å². The highest BCUT2D eigenvalue weighted by Crippen LogP contribution is 2.20. The molecule has 1 aliphatic carbocycles. The Morgan fingerprint density at radius 2 is 2.29 bits per heavy atom. The number of ether oxygens (including phenoxy) is 1. The Kier molecular flexibility index (Phi) is 3.90. The van der Waals surface area contributed by atoms with Crippen LogP contribution in [0, 0.1) is 0 Å². The Labute approximate surface area is 101 Å². The van der Waals surface area contributed by atoms with Crippen molar-refractivity contribution in [1.82, 2.24) is 9.97 Å². The summed E-state index contributed by atoms with van der Waals surface area (Å²) in [6.45, 7) is 2.13. The monoisotopic (exact) mass is 235 g/mol. The van der Waals surface area contributed by atoms with E-state index in [2.05, 4.69) is 15.3 Å². The standard InChI is InChI=1S/C12H17N3O2/c1-2-17-11(16)10-7-8-13-12(15-10)14-9-5-3-4-6-9/h7-9H,2-6H2,1H3,(H,13,14,15). The zero-order valence-electron chi connectivity index (χ0n) is 9.98. The van der Waals surface area contributed by atoms with Gasteiger partial charge in [0.1, 0.15) is 0 Å². The fourth-order valence-corrected chi connectivity index (χ4v) is 2.00. The third kappa shape index (κ3) is 3.15. The first kappa shape index (κ1) is 11.8. The Bertz CT molecular complexity index is 389. The predicted molar refractivity (Wildman–Crippen MR) is 63.9 cm³/mol. The fraction of sp³-hybridized carbons (Fsp3) is 0.583. The average molecular weight is 235 g/mol. The van der Waals surface area contributed by atoms with Gasteiger partial charge in [-0.15, -0.1) is 0 Å². The van der Waals surface area contributed by atoms with E-state index in [0.29, 0.717) is 24.3 Å². The van der Waals surface area contributed by atoms with E-state index in [1.807, 2.05) is 0 Å². The van der Waals surface area contributed by atoms with Crippen molar-refractivity contribution in [3.63, 3.8) is 0 Å². The molecular weight excluding hydrogens is 218 g/mol. The Balaban J connectivity index is 2.02. The summed E-state index contributed by atoms with van der Waals surface area (Å²) in [6.07, 6.45) is 6.36. The van der Waals surface area contributed by atoms with Crippen LogP contribution in [0.3, 0.4) is 0 Å². The molecule has 0 radical (unpaired) electrons. The lowest BCUT2D eigenvalue weighted by Gasteiger charge is -2.11. The minimum absolute atomic E-state index is 0.308. The first-order valence-electron chi connectivity index (χ1n) is 6.06. The number of nitrogens with one attached hydrogen (secondary N) is 1. The molecule has 92 valence electrons. The van der Waals surface area contributed by atoms with Gasteiger partial charge in [-0.2, -0.15) is 0 Å². The summed E-state index contributed by atoms with van der Waals surface area (Å²) in [5.74, 6) is 0.117. The van der Waals surface area contributed by atoms with Crippen molar-refractivity contribution in [3.8, 4) is 0 Å². The van der Waals surface area contributed by atoms with Gasteiger partial charge in [0.25, 0.3) is 0 Å². The molecule has 2 rings (SSSR count). The molecule has 5 nitrogen and oxygen atoms in total. The van der Waals surface area contributed by atoms with Gasteiger partial charge in [0.15, 0.2) is 5.69 Å². The molecule has 1 N–H and O–H groups in total. The summed E-state index contributed by atoms with van der Waals surface area (Å²) in [5.41, 5.74) is 0.308. The van der Waals surface area contributed by atoms with Crippen LogP contribution in [-0.4, -0.2) is 28.6 Å². The van der Waals surface area contributed by atoms with Crippen molar-refractivity contribution in [1.29, 1.82) is 0 Å². The molecular formula is C12H17N3O2. The molecule has 0 atom stereocenters. The SMILES string of the molecule is CCOC(=O)c1ccnc(NC2CCCC2)n1. The van der Waals surface area contributed by atoms with Crippen molar-refractivity contribution in [2.24, 2.45) is 0 Å². The molecule has 0 spiro atoms. The minimum atomic E-state index is -0.399. The molecule has 0 aromatic carbocycles. The normalized spacial score (nSPS) is 15.8. The number of nitrogens with zero attached hydrogens (tertiary/aromatic N) is 2. The van der Waals surface area contributed by atoms with Crippen LogP contribution in [0.25, 0.3) is 0 Å². The molecule has 1 fully saturated rings. The van der Waals surface area contributed by atoms with Gasteiger partial charge in [0.05, 0.1) is 6.61 Å². The molecule has 1 saturated carbocycles. The second kappa shape index (κ2) is 5.61. The van der Waals surface area contributed by atoms with Gasteiger partial charge in [-0.1, -0.05) is 12.8 Å². The van der Waals surface area contributed by atoms with Gasteiger partial charge in [0, 0.05) is 12.2 Å². The van der Waals surface area contributed by atoms with Gasteiger partial charge < -0.3 is 10.1 Å². The Hall–Kier alpha value is -1.65. The lowest BCUT2D eigenvalue weighted by Crippen LogP contribution is -2.18. The molecule has 17 heavy (non-hydrogen) atoms. The van der Waals surface area contributed by atoms with Crippen molar-refractivity contribution >= 4 is 11.9 Å². The zero-order chi connectivity index (χ0) is 12.1. The van der Waals surface area contributed by atoms with Crippen LogP contribution < -0.4 is 5.32 Å². The van der Waals surface area contributed by atoms with Crippen LogP contribution in [0.2, 0.25) is 0 Å². The maximum atomic E-state index is 11.5. The summed E-state index contributed by atoms with van der Waals surface area (Å²) < 4.78 is 4.90. The molecule has 0 saturated heterocycles. The summed E-state index contributed by atoms with van der Waals surface area (Å²) in [7, 11) is 0. The van der Waals surface area contributed by atoms with E-state index >= 15 is 0 Å². The van der Waals surface area contributed by atoms with E-state index in [4.69, 9.17) is 4.74 Å². The maximum Gasteiger partial charge on any atom is 0.357 e. The molecule has 0 unspecified atom stereocenters. The van der Waals surface area contributed by atoms with Crippen LogP contribution in [0.5, 0.6) is 0 Å².